The first-order valence-corrected chi connectivity index (χ1v) is 9.24. The van der Waals surface area contributed by atoms with Crippen molar-refractivity contribution in [3.8, 4) is 0 Å². The number of hydrogen-bond acceptors (Lipinski definition) is 4. The van der Waals surface area contributed by atoms with E-state index >= 15 is 0 Å². The number of nitrogens with zero attached hydrogens (tertiary/aromatic N) is 2. The lowest BCUT2D eigenvalue weighted by Crippen LogP contribution is -2.20. The van der Waals surface area contributed by atoms with Crippen molar-refractivity contribution < 1.29 is 9.72 Å². The van der Waals surface area contributed by atoms with E-state index in [-0.39, 0.29) is 11.3 Å². The molecule has 1 aliphatic rings. The Labute approximate surface area is 158 Å². The highest BCUT2D eigenvalue weighted by molar-refractivity contribution is 6.02. The molecule has 140 valence electrons. The van der Waals surface area contributed by atoms with Crippen LogP contribution in [0, 0.1) is 10.1 Å². The lowest BCUT2D eigenvalue weighted by Gasteiger charge is -2.22. The highest BCUT2D eigenvalue weighted by Gasteiger charge is 2.19. The van der Waals surface area contributed by atoms with Crippen LogP contribution in [-0.4, -0.2) is 16.5 Å². The van der Waals surface area contributed by atoms with Gasteiger partial charge in [0.05, 0.1) is 10.6 Å². The van der Waals surface area contributed by atoms with Gasteiger partial charge in [-0.15, -0.1) is 0 Å². The third-order valence-electron chi connectivity index (χ3n) is 5.08. The Kier molecular flexibility index (Phi) is 5.96. The number of nitro groups is 1. The topological polar surface area (TPSA) is 84.6 Å². The van der Waals surface area contributed by atoms with Crippen LogP contribution in [0.25, 0.3) is 0 Å². The van der Waals surface area contributed by atoms with E-state index in [4.69, 9.17) is 0 Å². The summed E-state index contributed by atoms with van der Waals surface area (Å²) in [6, 6.07) is 14.1. The standard InChI is InChI=1S/C21H23N3O3/c1-15(16-11-13-18(14-12-16)17-7-3-2-4-8-17)22-23-21(25)19-9-5-6-10-20(19)24(26)27/h5-6,9-14,17H,2-4,7-8H2,1H3,(H,23,25). The summed E-state index contributed by atoms with van der Waals surface area (Å²) in [5, 5.41) is 15.1. The number of hydrazone groups is 1. The first-order chi connectivity index (χ1) is 13.1. The van der Waals surface area contributed by atoms with Gasteiger partial charge in [0.2, 0.25) is 0 Å². The van der Waals surface area contributed by atoms with Crippen molar-refractivity contribution in [2.75, 3.05) is 0 Å². The monoisotopic (exact) mass is 365 g/mol. The van der Waals surface area contributed by atoms with Gasteiger partial charge in [-0.05, 0) is 42.9 Å². The van der Waals surface area contributed by atoms with Crippen LogP contribution in [0.4, 0.5) is 5.69 Å². The molecule has 1 amide bonds. The van der Waals surface area contributed by atoms with Crippen LogP contribution < -0.4 is 5.43 Å². The maximum Gasteiger partial charge on any atom is 0.282 e. The predicted molar refractivity (Wildman–Crippen MR) is 105 cm³/mol. The van der Waals surface area contributed by atoms with E-state index < -0.39 is 10.8 Å². The predicted octanol–water partition coefficient (Wildman–Crippen LogP) is 4.80. The average molecular weight is 365 g/mol. The second kappa shape index (κ2) is 8.58. The number of nitrogens with one attached hydrogen (secondary N) is 1. The summed E-state index contributed by atoms with van der Waals surface area (Å²) in [7, 11) is 0. The summed E-state index contributed by atoms with van der Waals surface area (Å²) >= 11 is 0. The Morgan fingerprint density at radius 1 is 1.07 bits per heavy atom. The van der Waals surface area contributed by atoms with Crippen LogP contribution in [0.2, 0.25) is 0 Å². The summed E-state index contributed by atoms with van der Waals surface area (Å²) in [6.45, 7) is 1.80. The van der Waals surface area contributed by atoms with Gasteiger partial charge >= 0.3 is 0 Å². The zero-order valence-corrected chi connectivity index (χ0v) is 15.4. The van der Waals surface area contributed by atoms with Crippen LogP contribution in [-0.2, 0) is 0 Å². The normalized spacial score (nSPS) is 15.4. The molecule has 0 aromatic heterocycles. The molecule has 6 nitrogen and oxygen atoms in total. The smallest absolute Gasteiger partial charge is 0.267 e. The molecule has 1 saturated carbocycles. The van der Waals surface area contributed by atoms with Gasteiger partial charge in [0, 0.05) is 6.07 Å². The Bertz CT molecular complexity index is 853. The molecular formula is C21H23N3O3. The second-order valence-corrected chi connectivity index (χ2v) is 6.87. The van der Waals surface area contributed by atoms with Gasteiger partial charge in [0.15, 0.2) is 0 Å². The molecule has 0 heterocycles. The van der Waals surface area contributed by atoms with Gasteiger partial charge in [-0.25, -0.2) is 5.43 Å². The lowest BCUT2D eigenvalue weighted by molar-refractivity contribution is -0.385. The Morgan fingerprint density at radius 3 is 2.41 bits per heavy atom. The van der Waals surface area contributed by atoms with Crippen molar-refractivity contribution in [2.24, 2.45) is 5.10 Å². The fourth-order valence-electron chi connectivity index (χ4n) is 3.52. The van der Waals surface area contributed by atoms with Crippen molar-refractivity contribution >= 4 is 17.3 Å². The van der Waals surface area contributed by atoms with E-state index in [1.807, 2.05) is 12.1 Å². The molecule has 0 unspecified atom stereocenters. The van der Waals surface area contributed by atoms with Crippen molar-refractivity contribution in [1.82, 2.24) is 5.43 Å². The SMILES string of the molecule is CC(=NNC(=O)c1ccccc1[N+](=O)[O-])c1ccc(C2CCCCC2)cc1. The van der Waals surface area contributed by atoms with Gasteiger partial charge in [0.25, 0.3) is 11.6 Å². The van der Waals surface area contributed by atoms with Gasteiger partial charge in [-0.2, -0.15) is 5.10 Å². The molecule has 2 aromatic carbocycles. The summed E-state index contributed by atoms with van der Waals surface area (Å²) in [4.78, 5) is 22.7. The molecule has 2 aromatic rings. The number of hydrogen-bond donors (Lipinski definition) is 1. The van der Waals surface area contributed by atoms with Crippen molar-refractivity contribution in [3.63, 3.8) is 0 Å². The highest BCUT2D eigenvalue weighted by Crippen LogP contribution is 2.32. The van der Waals surface area contributed by atoms with Crippen molar-refractivity contribution in [3.05, 3.63) is 75.3 Å². The van der Waals surface area contributed by atoms with Gasteiger partial charge in [0.1, 0.15) is 5.56 Å². The largest absolute Gasteiger partial charge is 0.282 e. The third-order valence-corrected chi connectivity index (χ3v) is 5.08. The molecule has 0 atom stereocenters. The third kappa shape index (κ3) is 4.58. The van der Waals surface area contributed by atoms with Crippen molar-refractivity contribution in [2.45, 2.75) is 44.9 Å². The molecule has 0 saturated heterocycles. The quantitative estimate of drug-likeness (QED) is 0.469. The van der Waals surface area contributed by atoms with Gasteiger partial charge < -0.3 is 0 Å². The summed E-state index contributed by atoms with van der Waals surface area (Å²) in [5.74, 6) is 0.0452. The molecule has 0 radical (unpaired) electrons. The molecule has 6 heteroatoms. The molecule has 0 bridgehead atoms. The number of rotatable bonds is 5. The fraction of sp³-hybridized carbons (Fsp3) is 0.333. The first kappa shape index (κ1) is 18.8. The molecule has 27 heavy (non-hydrogen) atoms. The lowest BCUT2D eigenvalue weighted by atomic mass is 9.84. The van der Waals surface area contributed by atoms with Gasteiger partial charge in [-0.3, -0.25) is 14.9 Å². The molecule has 1 fully saturated rings. The van der Waals surface area contributed by atoms with E-state index in [0.29, 0.717) is 11.6 Å². The Hall–Kier alpha value is -3.02. The number of benzene rings is 2. The number of carbonyl (C=O) groups excluding carboxylic acids is 1. The molecule has 1 N–H and O–H groups in total. The van der Waals surface area contributed by atoms with Crippen LogP contribution in [0.3, 0.4) is 0 Å². The highest BCUT2D eigenvalue weighted by atomic mass is 16.6. The average Bonchev–Trinajstić information content (AvgIpc) is 2.72. The van der Waals surface area contributed by atoms with Crippen molar-refractivity contribution in [1.29, 1.82) is 0 Å². The first-order valence-electron chi connectivity index (χ1n) is 9.24. The minimum Gasteiger partial charge on any atom is -0.267 e. The Balaban J connectivity index is 1.68. The number of nitro benzene ring substituents is 1. The molecule has 1 aliphatic carbocycles. The number of para-hydroxylation sites is 1. The maximum atomic E-state index is 12.2. The summed E-state index contributed by atoms with van der Waals surface area (Å²) in [6.07, 6.45) is 6.42. The molecule has 0 spiro atoms. The minimum absolute atomic E-state index is 0.00769. The zero-order chi connectivity index (χ0) is 19.2. The fourth-order valence-corrected chi connectivity index (χ4v) is 3.52. The minimum atomic E-state index is -0.597. The van der Waals surface area contributed by atoms with Gasteiger partial charge in [-0.1, -0.05) is 55.7 Å². The summed E-state index contributed by atoms with van der Waals surface area (Å²) < 4.78 is 0. The van der Waals surface area contributed by atoms with Crippen LogP contribution in [0.15, 0.2) is 53.6 Å². The second-order valence-electron chi connectivity index (χ2n) is 6.87. The van der Waals surface area contributed by atoms with E-state index in [1.54, 1.807) is 13.0 Å². The van der Waals surface area contributed by atoms with E-state index in [2.05, 4.69) is 22.7 Å². The molecule has 3 rings (SSSR count). The summed E-state index contributed by atoms with van der Waals surface area (Å²) in [5.41, 5.74) is 5.09. The Morgan fingerprint density at radius 2 is 1.74 bits per heavy atom. The number of carbonyl (C=O) groups is 1. The molecule has 0 aliphatic heterocycles. The molecular weight excluding hydrogens is 342 g/mol. The van der Waals surface area contributed by atoms with E-state index in [1.165, 1.54) is 55.9 Å². The van der Waals surface area contributed by atoms with Crippen LogP contribution >= 0.6 is 0 Å². The van der Waals surface area contributed by atoms with Crippen LogP contribution in [0.5, 0.6) is 0 Å². The maximum absolute atomic E-state index is 12.2. The zero-order valence-electron chi connectivity index (χ0n) is 15.4. The number of amides is 1. The van der Waals surface area contributed by atoms with E-state index in [9.17, 15) is 14.9 Å². The van der Waals surface area contributed by atoms with E-state index in [0.717, 1.165) is 5.56 Å². The van der Waals surface area contributed by atoms with Crippen LogP contribution in [0.1, 0.15) is 66.4 Å².